The van der Waals surface area contributed by atoms with E-state index in [1.807, 2.05) is 0 Å². The van der Waals surface area contributed by atoms with Gasteiger partial charge in [-0.3, -0.25) is 4.79 Å². The third-order valence-corrected chi connectivity index (χ3v) is 2.39. The van der Waals surface area contributed by atoms with E-state index in [-0.39, 0.29) is 17.3 Å². The maximum atomic E-state index is 11.7. The monoisotopic (exact) mass is 267 g/mol. The van der Waals surface area contributed by atoms with Gasteiger partial charge < -0.3 is 20.5 Å². The van der Waals surface area contributed by atoms with Gasteiger partial charge in [0.15, 0.2) is 0 Å². The van der Waals surface area contributed by atoms with Crippen LogP contribution >= 0.6 is 0 Å². The molecular weight excluding hydrogens is 250 g/mol. The van der Waals surface area contributed by atoms with Crippen molar-refractivity contribution < 1.29 is 19.4 Å². The second kappa shape index (κ2) is 7.32. The van der Waals surface area contributed by atoms with Gasteiger partial charge in [0.2, 0.25) is 5.91 Å². The molecule has 0 aliphatic rings. The lowest BCUT2D eigenvalue weighted by Gasteiger charge is -2.15. The summed E-state index contributed by atoms with van der Waals surface area (Å²) in [6.07, 6.45) is 1.46. The van der Waals surface area contributed by atoms with Crippen LogP contribution in [0.25, 0.3) is 0 Å². The van der Waals surface area contributed by atoms with E-state index < -0.39 is 12.0 Å². The molecule has 1 amide bonds. The maximum Gasteiger partial charge on any atom is 0.339 e. The second-order valence-electron chi connectivity index (χ2n) is 3.85. The van der Waals surface area contributed by atoms with E-state index in [1.165, 1.54) is 18.3 Å². The molecule has 19 heavy (non-hydrogen) atoms. The van der Waals surface area contributed by atoms with Crippen LogP contribution in [0.3, 0.4) is 0 Å². The summed E-state index contributed by atoms with van der Waals surface area (Å²) in [5.41, 5.74) is 0.0269. The molecule has 0 fully saturated rings. The third kappa shape index (κ3) is 4.55. The Labute approximate surface area is 111 Å². The van der Waals surface area contributed by atoms with E-state index in [2.05, 4.69) is 15.6 Å². The van der Waals surface area contributed by atoms with Crippen molar-refractivity contribution in [2.24, 2.45) is 0 Å². The fraction of sp³-hybridized carbons (Fsp3) is 0.417. The zero-order chi connectivity index (χ0) is 14.3. The van der Waals surface area contributed by atoms with Crippen molar-refractivity contribution in [1.82, 2.24) is 10.3 Å². The topological polar surface area (TPSA) is 101 Å². The van der Waals surface area contributed by atoms with Gasteiger partial charge in [0.1, 0.15) is 17.4 Å². The lowest BCUT2D eigenvalue weighted by molar-refractivity contribution is -0.121. The Hall–Kier alpha value is -2.15. The summed E-state index contributed by atoms with van der Waals surface area (Å²) in [6, 6.07) is 2.36. The highest BCUT2D eigenvalue weighted by Gasteiger charge is 2.16. The lowest BCUT2D eigenvalue weighted by atomic mass is 10.2. The van der Waals surface area contributed by atoms with Crippen molar-refractivity contribution in [3.05, 3.63) is 23.9 Å². The van der Waals surface area contributed by atoms with E-state index in [0.29, 0.717) is 13.2 Å². The van der Waals surface area contributed by atoms with Gasteiger partial charge in [-0.2, -0.15) is 0 Å². The number of aromatic nitrogens is 1. The Balaban J connectivity index is 2.63. The number of aromatic carboxylic acids is 1. The van der Waals surface area contributed by atoms with Gasteiger partial charge in [0.05, 0.1) is 6.61 Å². The van der Waals surface area contributed by atoms with Crippen LogP contribution in [0.2, 0.25) is 0 Å². The summed E-state index contributed by atoms with van der Waals surface area (Å²) in [7, 11) is 1.54. The van der Waals surface area contributed by atoms with Crippen LogP contribution in [-0.4, -0.2) is 48.3 Å². The molecule has 0 bridgehead atoms. The molecule has 104 valence electrons. The molecule has 0 aliphatic carbocycles. The number of methoxy groups -OCH3 is 1. The standard InChI is InChI=1S/C12H17N3O4/c1-8(11(16)14-6-7-19-2)15-10-9(12(17)18)4-3-5-13-10/h3-5,8H,6-7H2,1-2H3,(H,13,15)(H,14,16)(H,17,18). The number of hydrogen-bond donors (Lipinski definition) is 3. The predicted molar refractivity (Wildman–Crippen MR) is 69.2 cm³/mol. The van der Waals surface area contributed by atoms with E-state index in [4.69, 9.17) is 9.84 Å². The van der Waals surface area contributed by atoms with Gasteiger partial charge in [0.25, 0.3) is 0 Å². The Morgan fingerprint density at radius 2 is 2.26 bits per heavy atom. The van der Waals surface area contributed by atoms with E-state index in [9.17, 15) is 9.59 Å². The molecule has 0 spiro atoms. The second-order valence-corrected chi connectivity index (χ2v) is 3.85. The highest BCUT2D eigenvalue weighted by molar-refractivity contribution is 5.94. The van der Waals surface area contributed by atoms with Gasteiger partial charge in [-0.05, 0) is 19.1 Å². The van der Waals surface area contributed by atoms with Crippen LogP contribution in [0, 0.1) is 0 Å². The number of rotatable bonds is 7. The quantitative estimate of drug-likeness (QED) is 0.616. The molecule has 7 nitrogen and oxygen atoms in total. The molecule has 3 N–H and O–H groups in total. The fourth-order valence-electron chi connectivity index (χ4n) is 1.39. The normalized spacial score (nSPS) is 11.7. The third-order valence-electron chi connectivity index (χ3n) is 2.39. The zero-order valence-corrected chi connectivity index (χ0v) is 10.8. The molecule has 0 saturated carbocycles. The van der Waals surface area contributed by atoms with Crippen molar-refractivity contribution in [3.8, 4) is 0 Å². The number of ether oxygens (including phenoxy) is 1. The number of hydrogen-bond acceptors (Lipinski definition) is 5. The average Bonchev–Trinajstić information content (AvgIpc) is 2.39. The lowest BCUT2D eigenvalue weighted by Crippen LogP contribution is -2.39. The van der Waals surface area contributed by atoms with Gasteiger partial charge in [-0.25, -0.2) is 9.78 Å². The Kier molecular flexibility index (Phi) is 5.74. The molecule has 1 rings (SSSR count). The highest BCUT2D eigenvalue weighted by Crippen LogP contribution is 2.12. The largest absolute Gasteiger partial charge is 0.478 e. The number of carbonyl (C=O) groups is 2. The Morgan fingerprint density at radius 1 is 1.53 bits per heavy atom. The summed E-state index contributed by atoms with van der Waals surface area (Å²) < 4.78 is 4.82. The molecule has 1 aromatic heterocycles. The Bertz CT molecular complexity index is 450. The maximum absolute atomic E-state index is 11.7. The van der Waals surface area contributed by atoms with Crippen LogP contribution in [-0.2, 0) is 9.53 Å². The minimum absolute atomic E-state index is 0.0269. The minimum atomic E-state index is -1.09. The van der Waals surface area contributed by atoms with Crippen molar-refractivity contribution in [2.75, 3.05) is 25.6 Å². The first-order valence-electron chi connectivity index (χ1n) is 5.77. The van der Waals surface area contributed by atoms with E-state index in [1.54, 1.807) is 14.0 Å². The number of nitrogens with one attached hydrogen (secondary N) is 2. The van der Waals surface area contributed by atoms with E-state index >= 15 is 0 Å². The zero-order valence-electron chi connectivity index (χ0n) is 10.8. The van der Waals surface area contributed by atoms with Crippen molar-refractivity contribution in [3.63, 3.8) is 0 Å². The molecule has 0 aliphatic heterocycles. The van der Waals surface area contributed by atoms with Gasteiger partial charge in [-0.1, -0.05) is 0 Å². The first-order valence-corrected chi connectivity index (χ1v) is 5.77. The van der Waals surface area contributed by atoms with Crippen LogP contribution in [0.15, 0.2) is 18.3 Å². The average molecular weight is 267 g/mol. The number of carboxylic acids is 1. The van der Waals surface area contributed by atoms with Crippen molar-refractivity contribution >= 4 is 17.7 Å². The van der Waals surface area contributed by atoms with Crippen LogP contribution in [0.1, 0.15) is 17.3 Å². The molecule has 1 heterocycles. The van der Waals surface area contributed by atoms with E-state index in [0.717, 1.165) is 0 Å². The number of carboxylic acid groups (broad SMARTS) is 1. The molecular formula is C12H17N3O4. The molecule has 1 atom stereocenters. The molecule has 0 aromatic carbocycles. The molecule has 7 heteroatoms. The number of pyridine rings is 1. The first-order chi connectivity index (χ1) is 9.06. The number of carbonyl (C=O) groups excluding carboxylic acids is 1. The molecule has 0 saturated heterocycles. The molecule has 1 unspecified atom stereocenters. The predicted octanol–water partition coefficient (Wildman–Crippen LogP) is 0.343. The number of anilines is 1. The first kappa shape index (κ1) is 14.9. The highest BCUT2D eigenvalue weighted by atomic mass is 16.5. The van der Waals surface area contributed by atoms with Crippen molar-refractivity contribution in [2.45, 2.75) is 13.0 Å². The summed E-state index contributed by atoms with van der Waals surface area (Å²) in [5.74, 6) is -1.17. The summed E-state index contributed by atoms with van der Waals surface area (Å²) in [4.78, 5) is 26.6. The smallest absolute Gasteiger partial charge is 0.339 e. The number of amides is 1. The molecule has 0 radical (unpaired) electrons. The van der Waals surface area contributed by atoms with Crippen LogP contribution in [0.4, 0.5) is 5.82 Å². The van der Waals surface area contributed by atoms with Gasteiger partial charge in [0, 0.05) is 19.9 Å². The van der Waals surface area contributed by atoms with Gasteiger partial charge in [-0.15, -0.1) is 0 Å². The number of nitrogens with zero attached hydrogens (tertiary/aromatic N) is 1. The van der Waals surface area contributed by atoms with Crippen LogP contribution < -0.4 is 10.6 Å². The summed E-state index contributed by atoms with van der Waals surface area (Å²) in [6.45, 7) is 2.44. The summed E-state index contributed by atoms with van der Waals surface area (Å²) >= 11 is 0. The minimum Gasteiger partial charge on any atom is -0.478 e. The summed E-state index contributed by atoms with van der Waals surface area (Å²) in [5, 5.41) is 14.4. The fourth-order valence-corrected chi connectivity index (χ4v) is 1.39. The molecule has 1 aromatic rings. The van der Waals surface area contributed by atoms with Gasteiger partial charge >= 0.3 is 5.97 Å². The SMILES string of the molecule is COCCNC(=O)C(C)Nc1ncccc1C(=O)O. The Morgan fingerprint density at radius 3 is 2.89 bits per heavy atom. The van der Waals surface area contributed by atoms with Crippen LogP contribution in [0.5, 0.6) is 0 Å². The van der Waals surface area contributed by atoms with Crippen molar-refractivity contribution in [1.29, 1.82) is 0 Å².